The van der Waals surface area contributed by atoms with Crippen LogP contribution in [0.1, 0.15) is 28.1 Å². The summed E-state index contributed by atoms with van der Waals surface area (Å²) in [4.78, 5) is 38.8. The molecule has 2 aromatic carbocycles. The van der Waals surface area contributed by atoms with E-state index in [9.17, 15) is 14.4 Å². The molecule has 1 aliphatic rings. The van der Waals surface area contributed by atoms with Crippen LogP contribution in [0.15, 0.2) is 52.9 Å². The maximum Gasteiger partial charge on any atom is 0.305 e. The van der Waals surface area contributed by atoms with Crippen LogP contribution in [0.2, 0.25) is 0 Å². The van der Waals surface area contributed by atoms with Crippen LogP contribution in [-0.2, 0) is 9.59 Å². The van der Waals surface area contributed by atoms with Gasteiger partial charge in [0.1, 0.15) is 5.58 Å². The molecule has 1 saturated heterocycles. The van der Waals surface area contributed by atoms with Crippen LogP contribution in [0.4, 0.5) is 5.69 Å². The third kappa shape index (κ3) is 3.59. The Kier molecular flexibility index (Phi) is 4.80. The number of rotatable bonds is 3. The summed E-state index contributed by atoms with van der Waals surface area (Å²) >= 11 is 0. The number of hydrogen-bond acceptors (Lipinski definition) is 4. The Balaban J connectivity index is 1.39. The minimum absolute atomic E-state index is 0.0965. The maximum atomic E-state index is 12.5. The topological polar surface area (TPSA) is 91.7 Å². The maximum absolute atomic E-state index is 12.5. The Labute approximate surface area is 167 Å². The summed E-state index contributed by atoms with van der Waals surface area (Å²) in [6, 6.07) is 14.9. The minimum Gasteiger partial charge on any atom is -0.451 e. The van der Waals surface area contributed by atoms with Crippen molar-refractivity contribution in [3.8, 4) is 0 Å². The van der Waals surface area contributed by atoms with Crippen LogP contribution < -0.4 is 15.8 Å². The highest BCUT2D eigenvalue weighted by molar-refractivity contribution is 6.02. The van der Waals surface area contributed by atoms with Gasteiger partial charge in [0.15, 0.2) is 5.76 Å². The van der Waals surface area contributed by atoms with Crippen LogP contribution in [0.3, 0.4) is 0 Å². The van der Waals surface area contributed by atoms with E-state index in [1.54, 1.807) is 17.9 Å². The number of aryl methyl sites for hydroxylation is 2. The first kappa shape index (κ1) is 18.7. The van der Waals surface area contributed by atoms with Gasteiger partial charge in [0.25, 0.3) is 0 Å². The predicted molar refractivity (Wildman–Crippen MR) is 108 cm³/mol. The third-order valence-corrected chi connectivity index (χ3v) is 5.19. The van der Waals surface area contributed by atoms with Crippen molar-refractivity contribution in [2.24, 2.45) is 5.92 Å². The minimum atomic E-state index is -0.541. The fraction of sp³-hybridized carbons (Fsp3) is 0.227. The fourth-order valence-corrected chi connectivity index (χ4v) is 3.53. The normalized spacial score (nSPS) is 16.3. The predicted octanol–water partition coefficient (Wildman–Crippen LogP) is 2.86. The molecule has 1 fully saturated rings. The van der Waals surface area contributed by atoms with Gasteiger partial charge in [-0.25, -0.2) is 0 Å². The lowest BCUT2D eigenvalue weighted by Crippen LogP contribution is -2.45. The molecular formula is C22H21N3O4. The van der Waals surface area contributed by atoms with Crippen LogP contribution in [-0.4, -0.2) is 24.3 Å². The smallest absolute Gasteiger partial charge is 0.305 e. The highest BCUT2D eigenvalue weighted by Crippen LogP contribution is 2.26. The van der Waals surface area contributed by atoms with Crippen molar-refractivity contribution in [3.63, 3.8) is 0 Å². The van der Waals surface area contributed by atoms with E-state index in [0.717, 1.165) is 16.6 Å². The monoisotopic (exact) mass is 391 g/mol. The molecule has 2 N–H and O–H groups in total. The SMILES string of the molecule is Cc1ccc(N2C[C@@H](C(=O)NNC(=O)c3oc4ccccc4c3C)CC2=O)cc1. The molecule has 2 heterocycles. The van der Waals surface area contributed by atoms with Crippen molar-refractivity contribution < 1.29 is 18.8 Å². The van der Waals surface area contributed by atoms with Gasteiger partial charge < -0.3 is 9.32 Å². The lowest BCUT2D eigenvalue weighted by molar-refractivity contribution is -0.126. The number of benzene rings is 2. The van der Waals surface area contributed by atoms with Gasteiger partial charge in [-0.05, 0) is 32.0 Å². The highest BCUT2D eigenvalue weighted by atomic mass is 16.3. The molecule has 0 aliphatic carbocycles. The average molecular weight is 391 g/mol. The van der Waals surface area contributed by atoms with Crippen molar-refractivity contribution in [1.82, 2.24) is 10.9 Å². The van der Waals surface area contributed by atoms with E-state index in [-0.39, 0.29) is 24.6 Å². The summed E-state index contributed by atoms with van der Waals surface area (Å²) in [5.41, 5.74) is 7.98. The van der Waals surface area contributed by atoms with Crippen LogP contribution in [0.25, 0.3) is 11.0 Å². The summed E-state index contributed by atoms with van der Waals surface area (Å²) in [5, 5.41) is 0.846. The Morgan fingerprint density at radius 1 is 1.03 bits per heavy atom. The molecule has 1 aromatic heterocycles. The number of carbonyl (C=O) groups excluding carboxylic acids is 3. The third-order valence-electron chi connectivity index (χ3n) is 5.19. The van der Waals surface area contributed by atoms with Crippen molar-refractivity contribution in [2.45, 2.75) is 20.3 Å². The van der Waals surface area contributed by atoms with Crippen LogP contribution in [0.5, 0.6) is 0 Å². The van der Waals surface area contributed by atoms with Crippen molar-refractivity contribution in [2.75, 3.05) is 11.4 Å². The first-order valence-corrected chi connectivity index (χ1v) is 9.39. The summed E-state index contributed by atoms with van der Waals surface area (Å²) in [6.45, 7) is 4.03. The molecule has 0 saturated carbocycles. The number of fused-ring (bicyclic) bond motifs is 1. The van der Waals surface area contributed by atoms with Gasteiger partial charge in [0.2, 0.25) is 11.8 Å². The number of furan rings is 1. The summed E-state index contributed by atoms with van der Waals surface area (Å²) in [7, 11) is 0. The number of carbonyl (C=O) groups is 3. The lowest BCUT2D eigenvalue weighted by Gasteiger charge is -2.17. The molecule has 0 radical (unpaired) electrons. The van der Waals surface area contributed by atoms with Gasteiger partial charge in [-0.3, -0.25) is 25.2 Å². The number of anilines is 1. The average Bonchev–Trinajstić information content (AvgIpc) is 3.27. The number of nitrogens with zero attached hydrogens (tertiary/aromatic N) is 1. The molecule has 4 rings (SSSR count). The molecule has 29 heavy (non-hydrogen) atoms. The highest BCUT2D eigenvalue weighted by Gasteiger charge is 2.35. The summed E-state index contributed by atoms with van der Waals surface area (Å²) in [6.07, 6.45) is 0.0965. The zero-order chi connectivity index (χ0) is 20.5. The zero-order valence-electron chi connectivity index (χ0n) is 16.2. The lowest BCUT2D eigenvalue weighted by atomic mass is 10.1. The summed E-state index contributed by atoms with van der Waals surface area (Å²) < 4.78 is 5.59. The molecule has 0 spiro atoms. The fourth-order valence-electron chi connectivity index (χ4n) is 3.53. The van der Waals surface area contributed by atoms with Gasteiger partial charge in [-0.15, -0.1) is 0 Å². The van der Waals surface area contributed by atoms with E-state index in [4.69, 9.17) is 4.42 Å². The number of para-hydroxylation sites is 1. The molecule has 7 heteroatoms. The molecule has 1 aliphatic heterocycles. The first-order valence-electron chi connectivity index (χ1n) is 9.39. The van der Waals surface area contributed by atoms with Crippen molar-refractivity contribution >= 4 is 34.4 Å². The molecule has 1 atom stereocenters. The van der Waals surface area contributed by atoms with E-state index < -0.39 is 17.7 Å². The zero-order valence-corrected chi connectivity index (χ0v) is 16.2. The van der Waals surface area contributed by atoms with Gasteiger partial charge in [0, 0.05) is 29.6 Å². The number of amides is 3. The van der Waals surface area contributed by atoms with Gasteiger partial charge in [-0.1, -0.05) is 35.9 Å². The quantitative estimate of drug-likeness (QED) is 0.672. The molecule has 3 aromatic rings. The molecule has 0 bridgehead atoms. The molecule has 3 amide bonds. The van der Waals surface area contributed by atoms with E-state index in [2.05, 4.69) is 10.9 Å². The van der Waals surface area contributed by atoms with Gasteiger partial charge in [-0.2, -0.15) is 0 Å². The van der Waals surface area contributed by atoms with E-state index in [1.807, 2.05) is 49.4 Å². The van der Waals surface area contributed by atoms with E-state index in [1.165, 1.54) is 0 Å². The van der Waals surface area contributed by atoms with Gasteiger partial charge >= 0.3 is 5.91 Å². The van der Waals surface area contributed by atoms with Gasteiger partial charge in [0.05, 0.1) is 5.92 Å². The van der Waals surface area contributed by atoms with Crippen LogP contribution >= 0.6 is 0 Å². The molecule has 0 unspecified atom stereocenters. The number of nitrogens with one attached hydrogen (secondary N) is 2. The Hall–Kier alpha value is -3.61. The molecule has 148 valence electrons. The number of hydrazine groups is 1. The second-order valence-corrected chi connectivity index (χ2v) is 7.24. The Morgan fingerprint density at radius 2 is 1.76 bits per heavy atom. The number of hydrogen-bond donors (Lipinski definition) is 2. The van der Waals surface area contributed by atoms with E-state index in [0.29, 0.717) is 11.1 Å². The molecular weight excluding hydrogens is 370 g/mol. The second-order valence-electron chi connectivity index (χ2n) is 7.24. The van der Waals surface area contributed by atoms with Crippen molar-refractivity contribution in [3.05, 3.63) is 65.4 Å². The summed E-state index contributed by atoms with van der Waals surface area (Å²) in [5.74, 6) is -1.45. The second kappa shape index (κ2) is 7.43. The van der Waals surface area contributed by atoms with E-state index >= 15 is 0 Å². The largest absolute Gasteiger partial charge is 0.451 e. The first-order chi connectivity index (χ1) is 13.9. The molecule has 7 nitrogen and oxygen atoms in total. The Bertz CT molecular complexity index is 1100. The Morgan fingerprint density at radius 3 is 2.48 bits per heavy atom. The van der Waals surface area contributed by atoms with Crippen LogP contribution in [0, 0.1) is 19.8 Å². The standard InChI is InChI=1S/C22H21N3O4/c1-13-7-9-16(10-8-13)25-12-15(11-19(25)26)21(27)23-24-22(28)20-14(2)17-5-3-4-6-18(17)29-20/h3-10,15H,11-12H2,1-2H3,(H,23,27)(H,24,28)/t15-/m0/s1. The van der Waals surface area contributed by atoms with Crippen molar-refractivity contribution in [1.29, 1.82) is 0 Å².